The van der Waals surface area contributed by atoms with Gasteiger partial charge in [0.1, 0.15) is 0 Å². The van der Waals surface area contributed by atoms with Crippen molar-refractivity contribution in [2.24, 2.45) is 0 Å². The average Bonchev–Trinajstić information content (AvgIpc) is 3.18. The van der Waals surface area contributed by atoms with Crippen LogP contribution in [0.4, 0.5) is 193 Å². The summed E-state index contributed by atoms with van der Waals surface area (Å²) in [7, 11) is 1.00. The summed E-state index contributed by atoms with van der Waals surface area (Å²) in [6.07, 6.45) is -90.4. The van der Waals surface area contributed by atoms with Crippen molar-refractivity contribution in [1.29, 1.82) is 0 Å². The Kier molecular flexibility index (Phi) is 27.4. The average molecular weight is 1300 g/mol. The fourth-order valence-corrected chi connectivity index (χ4v) is 2.97. The molecular weight excluding hydrogens is 1280 g/mol. The highest BCUT2D eigenvalue weighted by molar-refractivity contribution is 5.02. The lowest BCUT2D eigenvalue weighted by molar-refractivity contribution is -0.573. The molecule has 0 N–H and O–H groups in total. The molecule has 0 aliphatic rings. The Morgan fingerprint density at radius 2 is 0.392 bits per heavy atom. The summed E-state index contributed by atoms with van der Waals surface area (Å²) in [4.78, 5) is 0. The Labute approximate surface area is 405 Å². The topological polar surface area (TPSA) is 55.4 Å². The molecule has 0 aromatic heterocycles. The Bertz CT molecular complexity index is 1820. The van der Waals surface area contributed by atoms with Crippen LogP contribution in [0.2, 0.25) is 0 Å². The van der Waals surface area contributed by atoms with E-state index in [-0.39, 0.29) is 0 Å². The first-order chi connectivity index (χ1) is 33.8. The maximum atomic E-state index is 14.0. The van der Waals surface area contributed by atoms with Crippen molar-refractivity contribution in [2.75, 3.05) is 27.7 Å². The standard InChI is InChI=1S/C15H5F27O4.C9H5F15O2.C3H8.2CH3F/c1-3(17,18)11(33,34)46-15(41,42)8(26,10(30,31)32)45-13(37,38)6(23,24)5(21,22)12(35,36)44-7(25,9(27,28)29)14(39,40)43-4(19,20)2-16;1-3(11,12)7(19,20)26-9(23,24)6(17,18)5(15,16)8(21,22)25-4(13,14)2-10;1-3-2;2*1-2/h2H2,1H3;2H2,1H3;3H2,1-2H3;2*1H3. The molecule has 0 heterocycles. The highest BCUT2D eigenvalue weighted by Gasteiger charge is 2.91. The summed E-state index contributed by atoms with van der Waals surface area (Å²) in [6.45, 7) is -4.96. The van der Waals surface area contributed by atoms with Crippen molar-refractivity contribution in [2.45, 2.75) is 155 Å². The molecule has 2 unspecified atom stereocenters. The molecule has 0 bridgehead atoms. The highest BCUT2D eigenvalue weighted by Crippen LogP contribution is 2.62. The van der Waals surface area contributed by atoms with E-state index in [1.165, 1.54) is 15.9 Å². The van der Waals surface area contributed by atoms with Gasteiger partial charge in [-0.05, 0) is 0 Å². The largest absolute Gasteiger partial charge is 0.458 e. The van der Waals surface area contributed by atoms with Crippen molar-refractivity contribution < 1.29 is 222 Å². The maximum absolute atomic E-state index is 14.0. The quantitative estimate of drug-likeness (QED) is 0.0898. The number of alkyl halides is 44. The first kappa shape index (κ1) is 84.5. The lowest BCUT2D eigenvalue weighted by Crippen LogP contribution is -2.71. The van der Waals surface area contributed by atoms with Crippen molar-refractivity contribution in [1.82, 2.24) is 0 Å². The van der Waals surface area contributed by atoms with Crippen LogP contribution in [0.25, 0.3) is 0 Å². The Balaban J connectivity index is -0.000000466. The molecule has 0 fully saturated rings. The molecule has 0 aromatic carbocycles. The van der Waals surface area contributed by atoms with E-state index in [0.717, 1.165) is 9.47 Å². The highest BCUT2D eigenvalue weighted by atomic mass is 19.4. The van der Waals surface area contributed by atoms with Gasteiger partial charge in [0, 0.05) is 13.8 Å². The van der Waals surface area contributed by atoms with Crippen molar-refractivity contribution >= 4 is 0 Å². The molecule has 6 nitrogen and oxygen atoms in total. The minimum Gasteiger partial charge on any atom is -0.262 e. The molecule has 0 spiro atoms. The number of rotatable bonds is 24. The van der Waals surface area contributed by atoms with Crippen LogP contribution in [0.3, 0.4) is 0 Å². The number of ether oxygens (including phenoxy) is 6. The minimum atomic E-state index is -9.18. The van der Waals surface area contributed by atoms with Crippen LogP contribution in [-0.2, 0) is 28.4 Å². The van der Waals surface area contributed by atoms with E-state index in [2.05, 4.69) is 13.8 Å². The van der Waals surface area contributed by atoms with E-state index in [1.54, 1.807) is 9.47 Å². The molecule has 0 amide bonds. The number of halogens is 44. The third-order valence-corrected chi connectivity index (χ3v) is 6.67. The maximum Gasteiger partial charge on any atom is 0.458 e. The van der Waals surface area contributed by atoms with Gasteiger partial charge in [0.15, 0.2) is 13.3 Å². The molecule has 2 atom stereocenters. The molecule has 79 heavy (non-hydrogen) atoms. The third-order valence-electron chi connectivity index (χ3n) is 6.67. The third kappa shape index (κ3) is 18.3. The van der Waals surface area contributed by atoms with E-state index in [0.29, 0.717) is 14.4 Å². The smallest absolute Gasteiger partial charge is 0.262 e. The van der Waals surface area contributed by atoms with Gasteiger partial charge >= 0.3 is 121 Å². The summed E-state index contributed by atoms with van der Waals surface area (Å²) in [5.41, 5.74) is 0. The summed E-state index contributed by atoms with van der Waals surface area (Å²) < 4.78 is 572. The van der Waals surface area contributed by atoms with Gasteiger partial charge in [0.2, 0.25) is 0 Å². The lowest BCUT2D eigenvalue weighted by atomic mass is 10.1. The second-order valence-corrected chi connectivity index (χ2v) is 13.3. The van der Waals surface area contributed by atoms with Crippen LogP contribution in [0.1, 0.15) is 34.1 Å². The van der Waals surface area contributed by atoms with E-state index in [1.807, 2.05) is 0 Å². The van der Waals surface area contributed by atoms with E-state index in [9.17, 15) is 193 Å². The molecule has 0 aromatic rings. The zero-order chi connectivity index (χ0) is 66.4. The van der Waals surface area contributed by atoms with Gasteiger partial charge in [0.25, 0.3) is 0 Å². The second kappa shape index (κ2) is 25.7. The second-order valence-electron chi connectivity index (χ2n) is 13.3. The van der Waals surface area contributed by atoms with E-state index in [4.69, 9.17) is 0 Å². The van der Waals surface area contributed by atoms with Crippen LogP contribution in [0.15, 0.2) is 0 Å². The van der Waals surface area contributed by atoms with Gasteiger partial charge in [-0.3, -0.25) is 18.3 Å². The van der Waals surface area contributed by atoms with Crippen molar-refractivity contribution in [3.05, 3.63) is 0 Å². The number of hydrogen-bond acceptors (Lipinski definition) is 6. The van der Waals surface area contributed by atoms with Gasteiger partial charge < -0.3 is 0 Å². The van der Waals surface area contributed by atoms with Crippen LogP contribution in [0, 0.1) is 0 Å². The van der Waals surface area contributed by atoms with Crippen LogP contribution in [0.5, 0.6) is 0 Å². The van der Waals surface area contributed by atoms with Gasteiger partial charge in [0.05, 0.1) is 14.4 Å². The zero-order valence-corrected chi connectivity index (χ0v) is 37.2. The number of hydrogen-bond donors (Lipinski definition) is 0. The van der Waals surface area contributed by atoms with Crippen molar-refractivity contribution in [3.63, 3.8) is 0 Å². The molecule has 0 rings (SSSR count). The Hall–Kier alpha value is -3.32. The molecule has 0 aliphatic heterocycles. The Morgan fingerprint density at radius 1 is 0.241 bits per heavy atom. The van der Waals surface area contributed by atoms with Crippen LogP contribution in [-0.4, -0.2) is 148 Å². The monoisotopic (exact) mass is 1300 g/mol. The molecular formula is C29H24F44O6. The van der Waals surface area contributed by atoms with Crippen LogP contribution >= 0.6 is 0 Å². The summed E-state index contributed by atoms with van der Waals surface area (Å²) in [5.74, 6) is -62.8. The summed E-state index contributed by atoms with van der Waals surface area (Å²) in [6, 6.07) is 0. The molecule has 50 heteroatoms. The predicted octanol–water partition coefficient (Wildman–Crippen LogP) is 16.8. The fourth-order valence-electron chi connectivity index (χ4n) is 2.97. The lowest BCUT2D eigenvalue weighted by Gasteiger charge is -2.42. The molecule has 0 saturated carbocycles. The Morgan fingerprint density at radius 3 is 0.570 bits per heavy atom. The SMILES string of the molecule is CC(F)(F)C(F)(F)OC(F)(F)C(F)(F)C(F)(F)C(F)(F)OC(F)(F)CF.CC(F)(F)C(F)(F)OC(F)(F)C(F)(OC(F)(F)C(F)(F)C(F)(F)C(F)(F)OC(F)(C(F)(F)F)C(F)(F)OC(F)(F)CF)C(F)(F)F.CCC.CF.CF. The van der Waals surface area contributed by atoms with Gasteiger partial charge in [-0.1, -0.05) is 20.3 Å². The predicted molar refractivity (Wildman–Crippen MR) is 159 cm³/mol. The fraction of sp³-hybridized carbons (Fsp3) is 1.00. The van der Waals surface area contributed by atoms with Crippen molar-refractivity contribution in [3.8, 4) is 0 Å². The van der Waals surface area contributed by atoms with Gasteiger partial charge in [-0.25, -0.2) is 27.7 Å². The molecule has 0 aliphatic carbocycles. The molecule has 484 valence electrons. The molecule has 0 radical (unpaired) electrons. The van der Waals surface area contributed by atoms with Gasteiger partial charge in [-0.2, -0.15) is 176 Å². The van der Waals surface area contributed by atoms with Crippen LogP contribution < -0.4 is 0 Å². The van der Waals surface area contributed by atoms with E-state index < -0.39 is 148 Å². The normalized spacial score (nSPS) is 16.6. The van der Waals surface area contributed by atoms with E-state index >= 15 is 0 Å². The first-order valence-corrected chi connectivity index (χ1v) is 17.4. The first-order valence-electron chi connectivity index (χ1n) is 17.4. The summed E-state index contributed by atoms with van der Waals surface area (Å²) in [5, 5.41) is 0. The minimum absolute atomic E-state index is 0.500. The van der Waals surface area contributed by atoms with Gasteiger partial charge in [-0.15, -0.1) is 0 Å². The zero-order valence-electron chi connectivity index (χ0n) is 37.2. The summed E-state index contributed by atoms with van der Waals surface area (Å²) >= 11 is 0. The molecule has 0 saturated heterocycles.